The van der Waals surface area contributed by atoms with Crippen molar-refractivity contribution in [1.29, 1.82) is 0 Å². The van der Waals surface area contributed by atoms with Gasteiger partial charge in [-0.1, -0.05) is 13.8 Å². The van der Waals surface area contributed by atoms with Crippen molar-refractivity contribution in [2.24, 2.45) is 0 Å². The largest absolute Gasteiger partial charge is 1.00 e. The molecule has 0 aliphatic heterocycles. The molecule has 0 rings (SSSR count). The summed E-state index contributed by atoms with van der Waals surface area (Å²) in [6.07, 6.45) is 0. The number of carboxylic acid groups (broad SMARTS) is 1. The first-order valence-electron chi connectivity index (χ1n) is 2.97. The van der Waals surface area contributed by atoms with Crippen molar-refractivity contribution in [3.63, 3.8) is 0 Å². The van der Waals surface area contributed by atoms with Gasteiger partial charge in [0.25, 0.3) is 5.97 Å². The van der Waals surface area contributed by atoms with Crippen molar-refractivity contribution < 1.29 is 27.0 Å². The van der Waals surface area contributed by atoms with Gasteiger partial charge in [-0.15, -0.1) is 0 Å². The van der Waals surface area contributed by atoms with Crippen LogP contribution in [0.3, 0.4) is 0 Å². The summed E-state index contributed by atoms with van der Waals surface area (Å²) in [5.74, 6) is -0.833. The number of carbonyl (C=O) groups is 1. The Hall–Kier alpha value is -0.0505. The van der Waals surface area contributed by atoms with Gasteiger partial charge < -0.3 is 10.4 Å². The number of hydrogen-bond acceptors (Lipinski definition) is 1. The van der Waals surface area contributed by atoms with E-state index in [1.807, 2.05) is 13.8 Å². The average molecular weight is 196 g/mol. The summed E-state index contributed by atoms with van der Waals surface area (Å²) in [6.45, 7) is 7.11. The van der Waals surface area contributed by atoms with Gasteiger partial charge in [0, 0.05) is 6.92 Å². The maximum atomic E-state index is 9.00. The predicted molar refractivity (Wildman–Crippen MR) is 37.8 cm³/mol. The van der Waals surface area contributed by atoms with E-state index in [1.165, 1.54) is 0 Å². The van der Waals surface area contributed by atoms with Crippen LogP contribution in [0.5, 0.6) is 0 Å². The SMILES string of the molecule is CC(=O)O.CC[N-]CC.[Cu+]. The molecule has 0 heterocycles. The van der Waals surface area contributed by atoms with E-state index in [2.05, 4.69) is 5.32 Å². The molecule has 0 aromatic heterocycles. The zero-order valence-electron chi connectivity index (χ0n) is 6.52. The quantitative estimate of drug-likeness (QED) is 0.679. The van der Waals surface area contributed by atoms with E-state index in [9.17, 15) is 0 Å². The standard InChI is InChI=1S/C4H10N.C2H4O2.Cu/c1-3-5-4-2;1-2(3)4;/h3-4H2,1-2H3;1H3,(H,3,4);/q-1;;+1. The van der Waals surface area contributed by atoms with Crippen LogP contribution in [-0.2, 0) is 21.9 Å². The van der Waals surface area contributed by atoms with E-state index >= 15 is 0 Å². The van der Waals surface area contributed by atoms with Crippen LogP contribution in [0.2, 0.25) is 0 Å². The van der Waals surface area contributed by atoms with E-state index in [-0.39, 0.29) is 17.1 Å². The van der Waals surface area contributed by atoms with Gasteiger partial charge >= 0.3 is 17.1 Å². The zero-order valence-corrected chi connectivity index (χ0v) is 7.46. The van der Waals surface area contributed by atoms with Crippen molar-refractivity contribution in [2.45, 2.75) is 20.8 Å². The molecule has 0 fully saturated rings. The predicted octanol–water partition coefficient (Wildman–Crippen LogP) is 1.49. The van der Waals surface area contributed by atoms with Crippen molar-refractivity contribution >= 4 is 5.97 Å². The van der Waals surface area contributed by atoms with Crippen LogP contribution in [0.1, 0.15) is 20.8 Å². The fraction of sp³-hybridized carbons (Fsp3) is 0.833. The summed E-state index contributed by atoms with van der Waals surface area (Å²) in [6, 6.07) is 0. The van der Waals surface area contributed by atoms with Crippen LogP contribution in [0.15, 0.2) is 0 Å². The molecule has 0 aliphatic carbocycles. The molecule has 10 heavy (non-hydrogen) atoms. The van der Waals surface area contributed by atoms with Crippen molar-refractivity contribution in [1.82, 2.24) is 0 Å². The van der Waals surface area contributed by atoms with Crippen LogP contribution in [-0.4, -0.2) is 24.2 Å². The number of aliphatic carboxylic acids is 1. The molecule has 0 amide bonds. The molecule has 0 saturated carbocycles. The second-order valence-electron chi connectivity index (χ2n) is 1.38. The van der Waals surface area contributed by atoms with Crippen molar-refractivity contribution in [3.05, 3.63) is 5.32 Å². The van der Waals surface area contributed by atoms with E-state index in [1.54, 1.807) is 0 Å². The normalized spacial score (nSPS) is 6.70. The molecule has 0 spiro atoms. The van der Waals surface area contributed by atoms with E-state index in [0.717, 1.165) is 20.0 Å². The fourth-order valence-electron chi connectivity index (χ4n) is 0.224. The third-order valence-corrected chi connectivity index (χ3v) is 0.447. The number of nitrogens with zero attached hydrogens (tertiary/aromatic N) is 1. The molecule has 0 unspecified atom stereocenters. The molecule has 0 aliphatic rings. The number of hydrogen-bond donors (Lipinski definition) is 1. The Morgan fingerprint density at radius 2 is 1.60 bits per heavy atom. The summed E-state index contributed by atoms with van der Waals surface area (Å²) >= 11 is 0. The van der Waals surface area contributed by atoms with Gasteiger partial charge in [-0.25, -0.2) is 0 Å². The van der Waals surface area contributed by atoms with Gasteiger partial charge in [-0.05, 0) is 0 Å². The Balaban J connectivity index is -0.0000000910. The topological polar surface area (TPSA) is 51.4 Å². The smallest absolute Gasteiger partial charge is 0.663 e. The molecule has 3 nitrogen and oxygen atoms in total. The minimum Gasteiger partial charge on any atom is -0.663 e. The van der Waals surface area contributed by atoms with Gasteiger partial charge in [0.1, 0.15) is 0 Å². The van der Waals surface area contributed by atoms with Gasteiger partial charge in [0.15, 0.2) is 0 Å². The summed E-state index contributed by atoms with van der Waals surface area (Å²) in [7, 11) is 0. The minimum atomic E-state index is -0.833. The van der Waals surface area contributed by atoms with Gasteiger partial charge in [-0.2, -0.15) is 13.1 Å². The van der Waals surface area contributed by atoms with Crippen LogP contribution in [0, 0.1) is 0 Å². The summed E-state index contributed by atoms with van der Waals surface area (Å²) in [5, 5.41) is 11.4. The first-order chi connectivity index (χ1) is 4.15. The molecule has 0 bridgehead atoms. The molecule has 0 saturated heterocycles. The Morgan fingerprint density at radius 1 is 1.40 bits per heavy atom. The molecular weight excluding hydrogens is 182 g/mol. The van der Waals surface area contributed by atoms with Gasteiger partial charge in [0.05, 0.1) is 0 Å². The Labute approximate surface area is 72.7 Å². The molecule has 66 valence electrons. The van der Waals surface area contributed by atoms with Crippen molar-refractivity contribution in [2.75, 3.05) is 13.1 Å². The summed E-state index contributed by atoms with van der Waals surface area (Å²) in [5.41, 5.74) is 0. The molecule has 0 aromatic rings. The first-order valence-corrected chi connectivity index (χ1v) is 2.97. The monoisotopic (exact) mass is 195 g/mol. The first kappa shape index (κ1) is 16.5. The van der Waals surface area contributed by atoms with Gasteiger partial charge in [0.2, 0.25) is 0 Å². The number of rotatable bonds is 2. The molecule has 0 atom stereocenters. The summed E-state index contributed by atoms with van der Waals surface area (Å²) < 4.78 is 0. The zero-order chi connectivity index (χ0) is 7.70. The van der Waals surface area contributed by atoms with E-state index < -0.39 is 5.97 Å². The minimum absolute atomic E-state index is 0. The van der Waals surface area contributed by atoms with Crippen LogP contribution >= 0.6 is 0 Å². The third-order valence-electron chi connectivity index (χ3n) is 0.447. The molecule has 1 N–H and O–H groups in total. The maximum absolute atomic E-state index is 9.00. The third kappa shape index (κ3) is 101. The molecule has 0 aromatic carbocycles. The molecule has 0 radical (unpaired) electrons. The fourth-order valence-corrected chi connectivity index (χ4v) is 0.224. The summed E-state index contributed by atoms with van der Waals surface area (Å²) in [4.78, 5) is 9.00. The van der Waals surface area contributed by atoms with Crippen LogP contribution in [0.4, 0.5) is 0 Å². The van der Waals surface area contributed by atoms with Crippen LogP contribution < -0.4 is 0 Å². The Morgan fingerprint density at radius 3 is 1.60 bits per heavy atom. The Kier molecular flexibility index (Phi) is 26.4. The van der Waals surface area contributed by atoms with E-state index in [0.29, 0.717) is 0 Å². The van der Waals surface area contributed by atoms with E-state index in [4.69, 9.17) is 9.90 Å². The molecular formula is C6H14CuNO2. The maximum Gasteiger partial charge on any atom is 1.00 e. The number of carboxylic acids is 1. The average Bonchev–Trinajstić information content (AvgIpc) is 1.66. The van der Waals surface area contributed by atoms with Gasteiger partial charge in [-0.3, -0.25) is 4.79 Å². The second kappa shape index (κ2) is 16.0. The Bertz CT molecular complexity index is 62.8. The molecule has 4 heteroatoms. The van der Waals surface area contributed by atoms with Crippen LogP contribution in [0.25, 0.3) is 5.32 Å². The van der Waals surface area contributed by atoms with Crippen molar-refractivity contribution in [3.8, 4) is 0 Å². The second-order valence-corrected chi connectivity index (χ2v) is 1.38.